The van der Waals surface area contributed by atoms with Crippen molar-refractivity contribution in [3.8, 4) is 79.7 Å². The molecule has 13 N–H and O–H groups in total. The van der Waals surface area contributed by atoms with Crippen molar-refractivity contribution in [2.75, 3.05) is 6.61 Å². The lowest BCUT2D eigenvalue weighted by Gasteiger charge is -2.39. The number of hydrogen-bond donors (Lipinski definition) is 13. The van der Waals surface area contributed by atoms with Gasteiger partial charge in [-0.15, -0.1) is 0 Å². The van der Waals surface area contributed by atoms with Crippen LogP contribution in [0.2, 0.25) is 0 Å². The van der Waals surface area contributed by atoms with E-state index in [0.29, 0.717) is 12.1 Å². The first-order chi connectivity index (χ1) is 26.4. The van der Waals surface area contributed by atoms with Gasteiger partial charge in [-0.25, -0.2) is 19.2 Å². The summed E-state index contributed by atoms with van der Waals surface area (Å²) in [5, 5.41) is 138. The van der Waals surface area contributed by atoms with Crippen molar-refractivity contribution in [2.45, 2.75) is 30.7 Å². The van der Waals surface area contributed by atoms with Gasteiger partial charge < -0.3 is 89.4 Å². The van der Waals surface area contributed by atoms with E-state index in [-0.39, 0.29) is 0 Å². The van der Waals surface area contributed by atoms with Crippen molar-refractivity contribution in [1.82, 2.24) is 0 Å². The molecule has 2 aliphatic heterocycles. The Morgan fingerprint density at radius 1 is 0.500 bits per heavy atom. The first kappa shape index (κ1) is 35.6. The van der Waals surface area contributed by atoms with Gasteiger partial charge in [0.2, 0.25) is 23.0 Å². The summed E-state index contributed by atoms with van der Waals surface area (Å²) in [5.74, 6) is -17.3. The van der Waals surface area contributed by atoms with E-state index in [0.717, 1.165) is 0 Å². The van der Waals surface area contributed by atoms with E-state index in [9.17, 15) is 85.6 Å². The van der Waals surface area contributed by atoms with E-state index < -0.39 is 184 Å². The molecule has 4 aromatic carbocycles. The Hall–Kier alpha value is -7.40. The second-order valence-electron chi connectivity index (χ2n) is 12.6. The standard InChI is InChI=1S/C34H22O22/c35-7-2-5-10(19(39)18(7)38)11-15-13-12-14(32(49)55-29(13)24(44)21(11)41)9(20(40)23(43)28(12)56-33(15)50)4-1-6(17(37)22(42)16(4)36)31(48)54-27-8(3-52-30(5)47)53-34(51)26(46)25(27)45/h1-2,8,25-27,34-46,51H,3H2. The Morgan fingerprint density at radius 2 is 1.04 bits per heavy atom. The van der Waals surface area contributed by atoms with Crippen molar-refractivity contribution in [3.63, 3.8) is 0 Å². The van der Waals surface area contributed by atoms with Crippen molar-refractivity contribution in [2.24, 2.45) is 0 Å². The van der Waals surface area contributed by atoms with Crippen LogP contribution >= 0.6 is 0 Å². The number of benzene rings is 4. The minimum Gasteiger partial charge on any atom is -0.504 e. The Balaban J connectivity index is 1.59. The van der Waals surface area contributed by atoms with Crippen LogP contribution in [0.5, 0.6) is 57.5 Å². The van der Waals surface area contributed by atoms with Gasteiger partial charge in [0.25, 0.3) is 0 Å². The number of cyclic esters (lactones) is 1. The SMILES string of the molecule is O=C1OC2C(COC(=O)c3cc(O)c(O)c(O)c3-c3c(O)c(O)c4oc(=O)c5c(c(O)c(O)c6oc(=O)c3c4c65)-c3cc1c(O)c(O)c3O)OC(O)C(O)C2O. The van der Waals surface area contributed by atoms with Gasteiger partial charge in [0.1, 0.15) is 30.5 Å². The van der Waals surface area contributed by atoms with Crippen LogP contribution in [-0.4, -0.2) is 116 Å². The van der Waals surface area contributed by atoms with Crippen LogP contribution < -0.4 is 11.3 Å². The summed E-state index contributed by atoms with van der Waals surface area (Å²) in [4.78, 5) is 55.0. The van der Waals surface area contributed by atoms with Crippen LogP contribution in [0.15, 0.2) is 30.6 Å². The third kappa shape index (κ3) is 4.57. The van der Waals surface area contributed by atoms with E-state index in [1.54, 1.807) is 0 Å². The molecule has 0 spiro atoms. The molecule has 0 radical (unpaired) electrons. The highest BCUT2D eigenvalue weighted by molar-refractivity contribution is 6.29. The monoisotopic (exact) mass is 782 g/mol. The maximum absolute atomic E-state index is 13.8. The third-order valence-electron chi connectivity index (χ3n) is 9.60. The van der Waals surface area contributed by atoms with Crippen molar-refractivity contribution in [3.05, 3.63) is 44.1 Å². The zero-order valence-corrected chi connectivity index (χ0v) is 27.2. The third-order valence-corrected chi connectivity index (χ3v) is 9.60. The highest BCUT2D eigenvalue weighted by Gasteiger charge is 2.48. The number of hydrogen-bond acceptors (Lipinski definition) is 22. The molecule has 56 heavy (non-hydrogen) atoms. The van der Waals surface area contributed by atoms with E-state index in [1.165, 1.54) is 0 Å². The van der Waals surface area contributed by atoms with Gasteiger partial charge in [0, 0.05) is 33.0 Å². The molecule has 5 unspecified atom stereocenters. The Labute approximate surface area is 304 Å². The lowest BCUT2D eigenvalue weighted by atomic mass is 9.88. The molecule has 2 aliphatic rings. The molecule has 22 nitrogen and oxygen atoms in total. The number of phenolic OH excluding ortho intramolecular Hbond substituents is 10. The lowest BCUT2D eigenvalue weighted by molar-refractivity contribution is -0.285. The zero-order chi connectivity index (χ0) is 40.6. The summed E-state index contributed by atoms with van der Waals surface area (Å²) in [7, 11) is 0. The van der Waals surface area contributed by atoms with Gasteiger partial charge in [0.05, 0.1) is 16.3 Å². The molecule has 1 fully saturated rings. The summed E-state index contributed by atoms with van der Waals surface area (Å²) in [6.07, 6.45) is -10.8. The summed E-state index contributed by atoms with van der Waals surface area (Å²) < 4.78 is 26.2. The van der Waals surface area contributed by atoms with Crippen LogP contribution in [-0.2, 0) is 14.2 Å². The molecule has 0 amide bonds. The maximum atomic E-state index is 13.8. The topological polar surface area (TPSA) is 385 Å². The summed E-state index contributed by atoms with van der Waals surface area (Å²) in [6.45, 7) is -1.14. The zero-order valence-electron chi connectivity index (χ0n) is 27.2. The molecule has 22 heteroatoms. The number of ether oxygens (including phenoxy) is 3. The molecule has 0 saturated carbocycles. The molecule has 0 aliphatic carbocycles. The second kappa shape index (κ2) is 11.8. The smallest absolute Gasteiger partial charge is 0.345 e. The van der Waals surface area contributed by atoms with Crippen LogP contribution in [0.4, 0.5) is 0 Å². The number of rotatable bonds is 0. The van der Waals surface area contributed by atoms with E-state index >= 15 is 0 Å². The normalized spacial score (nSPS) is 21.3. The Kier molecular flexibility index (Phi) is 7.50. The quantitative estimate of drug-likeness (QED) is 0.0418. The largest absolute Gasteiger partial charge is 0.504 e. The van der Waals surface area contributed by atoms with Gasteiger partial charge in [-0.05, 0) is 12.1 Å². The number of aliphatic hydroxyl groups excluding tert-OH is 3. The van der Waals surface area contributed by atoms with Crippen molar-refractivity contribution >= 4 is 44.6 Å². The number of carbonyl (C=O) groups is 2. The molecule has 290 valence electrons. The van der Waals surface area contributed by atoms with Crippen molar-refractivity contribution in [1.29, 1.82) is 0 Å². The van der Waals surface area contributed by atoms with Gasteiger partial charge in [0.15, 0.2) is 58.1 Å². The number of phenols is 10. The maximum Gasteiger partial charge on any atom is 0.345 e. The van der Waals surface area contributed by atoms with E-state index in [1.807, 2.05) is 0 Å². The fraction of sp³-hybridized carbons (Fsp3) is 0.176. The molecule has 4 heterocycles. The average molecular weight is 783 g/mol. The molecule has 2 aromatic heterocycles. The molecular formula is C34H22O22. The Bertz CT molecular complexity index is 2870. The van der Waals surface area contributed by atoms with Gasteiger partial charge in [-0.1, -0.05) is 0 Å². The van der Waals surface area contributed by atoms with Crippen molar-refractivity contribution < 1.29 is 99.0 Å². The summed E-state index contributed by atoms with van der Waals surface area (Å²) in [6, 6.07) is 0.964. The van der Waals surface area contributed by atoms with Crippen LogP contribution in [0.3, 0.4) is 0 Å². The fourth-order valence-corrected chi connectivity index (χ4v) is 6.96. The first-order valence-corrected chi connectivity index (χ1v) is 15.7. The van der Waals surface area contributed by atoms with E-state index in [4.69, 9.17) is 23.0 Å². The molecule has 1 saturated heterocycles. The molecule has 6 aromatic rings. The molecular weight excluding hydrogens is 760 g/mol. The average Bonchev–Trinajstić information content (AvgIpc) is 3.15. The molecule has 8 rings (SSSR count). The number of carbonyl (C=O) groups excluding carboxylic acids is 2. The Morgan fingerprint density at radius 3 is 1.64 bits per heavy atom. The highest BCUT2D eigenvalue weighted by atomic mass is 16.7. The minimum absolute atomic E-state index is 0.459. The fourth-order valence-electron chi connectivity index (χ4n) is 6.96. The lowest BCUT2D eigenvalue weighted by Crippen LogP contribution is -2.60. The van der Waals surface area contributed by atoms with Crippen LogP contribution in [0.1, 0.15) is 20.7 Å². The first-order valence-electron chi connectivity index (χ1n) is 15.7. The minimum atomic E-state index is -2.26. The number of fused-ring (bicyclic) bond motifs is 6. The summed E-state index contributed by atoms with van der Waals surface area (Å²) >= 11 is 0. The van der Waals surface area contributed by atoms with Gasteiger partial charge in [-0.3, -0.25) is 0 Å². The predicted molar refractivity (Wildman–Crippen MR) is 177 cm³/mol. The predicted octanol–water partition coefficient (Wildman–Crippen LogP) is 0.0152. The van der Waals surface area contributed by atoms with Crippen LogP contribution in [0.25, 0.3) is 55.0 Å². The van der Waals surface area contributed by atoms with E-state index in [2.05, 4.69) is 0 Å². The highest BCUT2D eigenvalue weighted by Crippen LogP contribution is 2.57. The molecule has 5 atom stereocenters. The number of aromatic hydroxyl groups is 10. The van der Waals surface area contributed by atoms with Gasteiger partial charge in [-0.2, -0.15) is 0 Å². The summed E-state index contributed by atoms with van der Waals surface area (Å²) in [5.41, 5.74) is -11.5. The second-order valence-corrected chi connectivity index (χ2v) is 12.6. The number of esters is 2. The number of aliphatic hydroxyl groups is 3. The van der Waals surface area contributed by atoms with Gasteiger partial charge >= 0.3 is 23.2 Å². The molecule has 8 bridgehead atoms. The van der Waals surface area contributed by atoms with Crippen LogP contribution in [0, 0.1) is 0 Å².